The zero-order chi connectivity index (χ0) is 20.4. The number of likely N-dealkylation sites (tertiary alicyclic amines) is 1. The van der Waals surface area contributed by atoms with Crippen LogP contribution in [0.15, 0.2) is 23.0 Å². The van der Waals surface area contributed by atoms with E-state index in [4.69, 9.17) is 0 Å². The van der Waals surface area contributed by atoms with Gasteiger partial charge in [-0.2, -0.15) is 0 Å². The van der Waals surface area contributed by atoms with E-state index in [1.165, 1.54) is 58.4 Å². The number of likely N-dealkylation sites (N-methyl/N-ethyl adjacent to an activating group) is 1. The van der Waals surface area contributed by atoms with Crippen molar-refractivity contribution >= 4 is 10.9 Å². The molecule has 2 aliphatic rings. The van der Waals surface area contributed by atoms with Gasteiger partial charge in [0, 0.05) is 55.9 Å². The molecule has 3 heterocycles. The van der Waals surface area contributed by atoms with Crippen molar-refractivity contribution in [2.24, 2.45) is 0 Å². The van der Waals surface area contributed by atoms with Crippen LogP contribution >= 0.6 is 0 Å². The molecule has 0 radical (unpaired) electrons. The summed E-state index contributed by atoms with van der Waals surface area (Å²) >= 11 is 0. The molecular weight excluding hydrogens is 360 g/mol. The first kappa shape index (κ1) is 20.6. The molecule has 5 nitrogen and oxygen atoms in total. The molecule has 0 bridgehead atoms. The topological polar surface area (TPSA) is 42.6 Å². The Bertz CT molecular complexity index is 898. The van der Waals surface area contributed by atoms with Gasteiger partial charge in [-0.25, -0.2) is 0 Å². The van der Waals surface area contributed by atoms with Crippen molar-refractivity contribution < 1.29 is 0 Å². The van der Waals surface area contributed by atoms with Gasteiger partial charge in [-0.3, -0.25) is 9.69 Å². The van der Waals surface area contributed by atoms with Crippen LogP contribution in [0.2, 0.25) is 0 Å². The largest absolute Gasteiger partial charge is 0.357 e. The predicted molar refractivity (Wildman–Crippen MR) is 121 cm³/mol. The van der Waals surface area contributed by atoms with E-state index >= 15 is 0 Å². The Hall–Kier alpha value is -1.69. The lowest BCUT2D eigenvalue weighted by Crippen LogP contribution is -2.47. The zero-order valence-electron chi connectivity index (χ0n) is 18.3. The van der Waals surface area contributed by atoms with Crippen LogP contribution in [0.5, 0.6) is 0 Å². The van der Waals surface area contributed by atoms with Crippen molar-refractivity contribution in [3.63, 3.8) is 0 Å². The highest BCUT2D eigenvalue weighted by Crippen LogP contribution is 2.23. The number of hydrogen-bond acceptors (Lipinski definition) is 4. The monoisotopic (exact) mass is 396 g/mol. The number of piperazine rings is 1. The number of nitrogens with one attached hydrogen (secondary N) is 1. The molecule has 0 spiro atoms. The normalized spacial score (nSPS) is 22.4. The second-order valence-electron chi connectivity index (χ2n) is 9.22. The van der Waals surface area contributed by atoms with Crippen molar-refractivity contribution in [2.75, 3.05) is 46.3 Å². The molecule has 2 aromatic rings. The van der Waals surface area contributed by atoms with Crippen LogP contribution in [0, 0.1) is 13.8 Å². The summed E-state index contributed by atoms with van der Waals surface area (Å²) in [5.74, 6) is 0. The summed E-state index contributed by atoms with van der Waals surface area (Å²) in [6, 6.07) is 6.61. The average molecular weight is 397 g/mol. The molecule has 1 N–H and O–H groups in total. The summed E-state index contributed by atoms with van der Waals surface area (Å²) < 4.78 is 0. The number of piperidine rings is 1. The van der Waals surface area contributed by atoms with Gasteiger partial charge in [-0.1, -0.05) is 12.5 Å². The molecule has 2 fully saturated rings. The van der Waals surface area contributed by atoms with Crippen LogP contribution in [0.1, 0.15) is 42.5 Å². The second kappa shape index (κ2) is 8.99. The Balaban J connectivity index is 1.46. The number of fused-ring (bicyclic) bond motifs is 1. The van der Waals surface area contributed by atoms with E-state index in [-0.39, 0.29) is 5.43 Å². The van der Waals surface area contributed by atoms with Crippen LogP contribution in [0.3, 0.4) is 0 Å². The highest BCUT2D eigenvalue weighted by molar-refractivity contribution is 5.82. The summed E-state index contributed by atoms with van der Waals surface area (Å²) in [5, 5.41) is 0.816. The van der Waals surface area contributed by atoms with Gasteiger partial charge in [0.2, 0.25) is 0 Å². The van der Waals surface area contributed by atoms with Gasteiger partial charge in [0.15, 0.2) is 5.43 Å². The molecule has 0 unspecified atom stereocenters. The van der Waals surface area contributed by atoms with Gasteiger partial charge in [-0.15, -0.1) is 0 Å². The summed E-state index contributed by atoms with van der Waals surface area (Å²) in [5.41, 5.74) is 4.51. The minimum absolute atomic E-state index is 0.145. The third kappa shape index (κ3) is 4.90. The SMILES string of the molecule is Cc1cc(C)c2[nH]c(CN3CCCC[C@@H]3CCN3CCN(C)CC3)cc(=O)c2c1. The Morgan fingerprint density at radius 2 is 1.83 bits per heavy atom. The van der Waals surface area contributed by atoms with Crippen LogP contribution in [-0.4, -0.2) is 72.0 Å². The number of hydrogen-bond donors (Lipinski definition) is 1. The third-order valence-electron chi connectivity index (χ3n) is 6.83. The van der Waals surface area contributed by atoms with E-state index < -0.39 is 0 Å². The van der Waals surface area contributed by atoms with E-state index in [2.05, 4.69) is 46.6 Å². The number of aromatic amines is 1. The molecule has 0 aliphatic carbocycles. The van der Waals surface area contributed by atoms with Crippen molar-refractivity contribution in [2.45, 2.75) is 52.1 Å². The minimum atomic E-state index is 0.145. The highest BCUT2D eigenvalue weighted by Gasteiger charge is 2.24. The molecule has 1 aromatic carbocycles. The van der Waals surface area contributed by atoms with Crippen LogP contribution < -0.4 is 5.43 Å². The van der Waals surface area contributed by atoms with Gasteiger partial charge < -0.3 is 14.8 Å². The molecule has 29 heavy (non-hydrogen) atoms. The summed E-state index contributed by atoms with van der Waals surface area (Å²) in [6.45, 7) is 12.1. The quantitative estimate of drug-likeness (QED) is 0.843. The summed E-state index contributed by atoms with van der Waals surface area (Å²) in [7, 11) is 2.22. The average Bonchev–Trinajstić information content (AvgIpc) is 2.69. The number of nitrogens with zero attached hydrogens (tertiary/aromatic N) is 3. The summed E-state index contributed by atoms with van der Waals surface area (Å²) in [4.78, 5) is 24.0. The van der Waals surface area contributed by atoms with Crippen LogP contribution in [-0.2, 0) is 6.54 Å². The molecule has 0 amide bonds. The van der Waals surface area contributed by atoms with Gasteiger partial charge in [0.25, 0.3) is 0 Å². The Kier molecular flexibility index (Phi) is 6.38. The van der Waals surface area contributed by atoms with Crippen molar-refractivity contribution in [1.29, 1.82) is 0 Å². The smallest absolute Gasteiger partial charge is 0.189 e. The molecule has 4 rings (SSSR count). The molecular formula is C24H36N4O. The molecule has 0 saturated carbocycles. The fourth-order valence-corrected chi connectivity index (χ4v) is 5.06. The number of H-pyrrole nitrogens is 1. The number of benzene rings is 1. The first-order valence-corrected chi connectivity index (χ1v) is 11.3. The standard InChI is InChI=1S/C24H36N4O/c1-18-14-19(2)24-22(15-18)23(29)16-20(25-24)17-28-8-5-4-6-21(28)7-9-27-12-10-26(3)11-13-27/h14-16,21H,4-13,17H2,1-3H3,(H,25,29)/t21-/m1/s1. The molecule has 1 aromatic heterocycles. The fraction of sp³-hybridized carbons (Fsp3) is 0.625. The van der Waals surface area contributed by atoms with E-state index in [0.29, 0.717) is 6.04 Å². The van der Waals surface area contributed by atoms with E-state index in [9.17, 15) is 4.79 Å². The van der Waals surface area contributed by atoms with Gasteiger partial charge in [0.05, 0.1) is 5.52 Å². The number of rotatable bonds is 5. The van der Waals surface area contributed by atoms with E-state index in [1.54, 1.807) is 0 Å². The first-order chi connectivity index (χ1) is 14.0. The minimum Gasteiger partial charge on any atom is -0.357 e. The van der Waals surface area contributed by atoms with Crippen molar-refractivity contribution in [3.05, 3.63) is 45.2 Å². The van der Waals surface area contributed by atoms with Crippen molar-refractivity contribution in [1.82, 2.24) is 19.7 Å². The van der Waals surface area contributed by atoms with Gasteiger partial charge in [0.1, 0.15) is 0 Å². The maximum absolute atomic E-state index is 12.7. The maximum Gasteiger partial charge on any atom is 0.189 e. The van der Waals surface area contributed by atoms with Gasteiger partial charge >= 0.3 is 0 Å². The first-order valence-electron chi connectivity index (χ1n) is 11.3. The third-order valence-corrected chi connectivity index (χ3v) is 6.83. The summed E-state index contributed by atoms with van der Waals surface area (Å²) in [6.07, 6.45) is 5.11. The predicted octanol–water partition coefficient (Wildman–Crippen LogP) is 3.14. The number of aryl methyl sites for hydroxylation is 2. The number of aromatic nitrogens is 1. The van der Waals surface area contributed by atoms with Crippen molar-refractivity contribution in [3.8, 4) is 0 Å². The fourth-order valence-electron chi connectivity index (χ4n) is 5.06. The van der Waals surface area contributed by atoms with E-state index in [1.807, 2.05) is 12.1 Å². The highest BCUT2D eigenvalue weighted by atomic mass is 16.1. The maximum atomic E-state index is 12.7. The molecule has 5 heteroatoms. The van der Waals surface area contributed by atoms with Gasteiger partial charge in [-0.05, 0) is 70.4 Å². The Morgan fingerprint density at radius 1 is 1.03 bits per heavy atom. The van der Waals surface area contributed by atoms with Crippen LogP contribution in [0.25, 0.3) is 10.9 Å². The molecule has 2 saturated heterocycles. The Labute approximate surface area is 174 Å². The lowest BCUT2D eigenvalue weighted by molar-refractivity contribution is 0.101. The molecule has 2 aliphatic heterocycles. The second-order valence-corrected chi connectivity index (χ2v) is 9.22. The zero-order valence-corrected chi connectivity index (χ0v) is 18.3. The lowest BCUT2D eigenvalue weighted by atomic mass is 9.98. The molecule has 158 valence electrons. The number of pyridine rings is 1. The molecule has 1 atom stereocenters. The van der Waals surface area contributed by atoms with E-state index in [0.717, 1.165) is 40.8 Å². The lowest BCUT2D eigenvalue weighted by Gasteiger charge is -2.38. The Morgan fingerprint density at radius 3 is 2.62 bits per heavy atom. The van der Waals surface area contributed by atoms with Crippen LogP contribution in [0.4, 0.5) is 0 Å².